The first-order valence-electron chi connectivity index (χ1n) is 14.1. The van der Waals surface area contributed by atoms with Gasteiger partial charge in [0.15, 0.2) is 0 Å². The maximum atomic E-state index is 13.5. The fourth-order valence-electron chi connectivity index (χ4n) is 6.02. The number of fused-ring (bicyclic) bond motifs is 1. The summed E-state index contributed by atoms with van der Waals surface area (Å²) in [7, 11) is 3.50. The van der Waals surface area contributed by atoms with Crippen LogP contribution in [0.4, 0.5) is 5.69 Å². The predicted molar refractivity (Wildman–Crippen MR) is 159 cm³/mol. The molecule has 1 aliphatic carbocycles. The van der Waals surface area contributed by atoms with Crippen LogP contribution in [0.2, 0.25) is 10.0 Å². The van der Waals surface area contributed by atoms with Crippen molar-refractivity contribution in [3.05, 3.63) is 63.8 Å². The second kappa shape index (κ2) is 14.8. The summed E-state index contributed by atoms with van der Waals surface area (Å²) in [5.74, 6) is -1.86. The van der Waals surface area contributed by atoms with Crippen LogP contribution in [-0.4, -0.2) is 65.8 Å². The number of carbonyl (C=O) groups is 3. The number of amides is 2. The topological polar surface area (TPSA) is 113 Å². The first kappa shape index (κ1) is 33.8. The molecule has 2 atom stereocenters. The van der Waals surface area contributed by atoms with Crippen LogP contribution in [0.15, 0.2) is 42.6 Å². The normalized spacial score (nSPS) is 21.9. The molecule has 12 heteroatoms. The number of aryl methyl sites for hydroxylation is 1. The number of nitrogens with zero attached hydrogens (tertiary/aromatic N) is 2. The fourth-order valence-corrected chi connectivity index (χ4v) is 6.48. The summed E-state index contributed by atoms with van der Waals surface area (Å²) in [4.78, 5) is 39.5. The number of ether oxygens (including phenoxy) is 2. The van der Waals surface area contributed by atoms with Gasteiger partial charge >= 0.3 is 29.6 Å². The Bertz CT molecular complexity index is 1490. The number of nitrogens with one attached hydrogen (secondary N) is 1. The van der Waals surface area contributed by atoms with Crippen LogP contribution < -0.4 is 40.0 Å². The Hall–Kier alpha value is -2.11. The van der Waals surface area contributed by atoms with Crippen molar-refractivity contribution in [2.75, 3.05) is 25.6 Å². The van der Waals surface area contributed by atoms with Gasteiger partial charge in [0.2, 0.25) is 5.91 Å². The third-order valence-corrected chi connectivity index (χ3v) is 9.09. The molecule has 2 heterocycles. The zero-order chi connectivity index (χ0) is 30.0. The summed E-state index contributed by atoms with van der Waals surface area (Å²) in [6.45, 7) is 0.783. The Labute approximate surface area is 283 Å². The molecule has 43 heavy (non-hydrogen) atoms. The molecule has 9 nitrogen and oxygen atoms in total. The van der Waals surface area contributed by atoms with Crippen LogP contribution in [0.1, 0.15) is 48.0 Å². The first-order valence-corrected chi connectivity index (χ1v) is 14.9. The van der Waals surface area contributed by atoms with Gasteiger partial charge in [-0.3, -0.25) is 9.59 Å². The molecule has 0 unspecified atom stereocenters. The number of aliphatic carboxylic acids is 1. The fraction of sp³-hybridized carbons (Fsp3) is 0.452. The molecule has 2 aliphatic rings. The van der Waals surface area contributed by atoms with Crippen molar-refractivity contribution in [3.63, 3.8) is 0 Å². The van der Waals surface area contributed by atoms with Gasteiger partial charge in [0.25, 0.3) is 5.91 Å². The number of anilines is 1. The number of halogens is 2. The predicted octanol–water partition coefficient (Wildman–Crippen LogP) is 1.23. The summed E-state index contributed by atoms with van der Waals surface area (Å²) in [6.07, 6.45) is 4.69. The zero-order valence-corrected chi connectivity index (χ0v) is 28.1. The van der Waals surface area contributed by atoms with Crippen molar-refractivity contribution in [1.29, 1.82) is 0 Å². The molecule has 224 valence electrons. The number of hydrogen-bond acceptors (Lipinski definition) is 6. The number of rotatable bonds is 9. The molecule has 0 bridgehead atoms. The molecule has 1 N–H and O–H groups in total. The van der Waals surface area contributed by atoms with E-state index in [2.05, 4.69) is 5.32 Å². The molecule has 1 saturated heterocycles. The SMILES string of the molecule is CO[C@H]1C[C@@H](COC2CCC(C(=O)[O-])CC2)N(C(=O)Cc2cc(Cl)c(NC(=O)c3cn(C)c4ccccc34)cc2Cl)C1.[Na+]. The van der Waals surface area contributed by atoms with Gasteiger partial charge in [-0.05, 0) is 61.8 Å². The standard InChI is InChI=1S/C31H35Cl2N3O6.Na/c1-35-16-24(23-5-3-4-6-28(23)35)30(38)34-27-14-25(32)19(11-26(27)33)12-29(37)36-15-22(41-2)13-20(36)17-42-21-9-7-18(8-10-21)31(39)40;/h3-6,11,14,16,18,20-22H,7-10,12-13,15,17H2,1-2H3,(H,34,38)(H,39,40);/q;+1/p-1/t18?,20-,21?,22-;/m0./s1. The number of carboxylic acids is 1. The van der Waals surface area contributed by atoms with Gasteiger partial charge in [0, 0.05) is 48.8 Å². The average molecular weight is 639 g/mol. The van der Waals surface area contributed by atoms with Gasteiger partial charge < -0.3 is 34.2 Å². The van der Waals surface area contributed by atoms with Gasteiger partial charge in [-0.1, -0.05) is 41.4 Å². The van der Waals surface area contributed by atoms with Crippen molar-refractivity contribution in [3.8, 4) is 0 Å². The van der Waals surface area contributed by atoms with E-state index in [1.54, 1.807) is 30.3 Å². The Morgan fingerprint density at radius 2 is 1.77 bits per heavy atom. The summed E-state index contributed by atoms with van der Waals surface area (Å²) < 4.78 is 13.6. The molecule has 0 spiro atoms. The number of benzene rings is 2. The third-order valence-electron chi connectivity index (χ3n) is 8.43. The Morgan fingerprint density at radius 3 is 2.47 bits per heavy atom. The summed E-state index contributed by atoms with van der Waals surface area (Å²) in [6, 6.07) is 10.6. The van der Waals surface area contributed by atoms with Crippen molar-refractivity contribution in [1.82, 2.24) is 9.47 Å². The maximum absolute atomic E-state index is 13.5. The van der Waals surface area contributed by atoms with Crippen molar-refractivity contribution < 1.29 is 58.5 Å². The van der Waals surface area contributed by atoms with E-state index in [1.807, 2.05) is 35.9 Å². The molecule has 2 aromatic carbocycles. The van der Waals surface area contributed by atoms with Crippen molar-refractivity contribution in [2.24, 2.45) is 13.0 Å². The largest absolute Gasteiger partial charge is 1.00 e. The first-order chi connectivity index (χ1) is 20.1. The molecule has 5 rings (SSSR count). The molecule has 0 radical (unpaired) electrons. The number of methoxy groups -OCH3 is 1. The monoisotopic (exact) mass is 637 g/mol. The van der Waals surface area contributed by atoms with Gasteiger partial charge in [0.1, 0.15) is 0 Å². The van der Waals surface area contributed by atoms with Gasteiger partial charge in [0.05, 0.1) is 47.6 Å². The van der Waals surface area contributed by atoms with E-state index in [0.29, 0.717) is 67.1 Å². The van der Waals surface area contributed by atoms with Gasteiger partial charge in [-0.15, -0.1) is 0 Å². The minimum atomic E-state index is -0.997. The van der Waals surface area contributed by atoms with E-state index in [-0.39, 0.29) is 71.1 Å². The van der Waals surface area contributed by atoms with Crippen molar-refractivity contribution >= 4 is 57.6 Å². The molecular formula is C31H34Cl2N3NaO6. The average Bonchev–Trinajstić information content (AvgIpc) is 3.56. The van der Waals surface area contributed by atoms with Crippen LogP contribution in [0.5, 0.6) is 0 Å². The summed E-state index contributed by atoms with van der Waals surface area (Å²) >= 11 is 13.1. The van der Waals surface area contributed by atoms with Crippen LogP contribution >= 0.6 is 23.2 Å². The maximum Gasteiger partial charge on any atom is 1.00 e. The molecule has 1 aliphatic heterocycles. The quantitative estimate of drug-likeness (QED) is 0.353. The number of aromatic nitrogens is 1. The van der Waals surface area contributed by atoms with E-state index in [9.17, 15) is 19.5 Å². The van der Waals surface area contributed by atoms with E-state index in [4.69, 9.17) is 32.7 Å². The van der Waals surface area contributed by atoms with E-state index in [1.165, 1.54) is 0 Å². The number of para-hydroxylation sites is 1. The van der Waals surface area contributed by atoms with Crippen LogP contribution in [0, 0.1) is 5.92 Å². The molecular weight excluding hydrogens is 604 g/mol. The Balaban J connectivity index is 0.00000423. The van der Waals surface area contributed by atoms with Gasteiger partial charge in [-0.25, -0.2) is 0 Å². The van der Waals surface area contributed by atoms with Crippen LogP contribution in [-0.2, 0) is 32.5 Å². The smallest absolute Gasteiger partial charge is 0.550 e. The molecule has 2 fully saturated rings. The molecule has 3 aromatic rings. The Kier molecular flexibility index (Phi) is 11.6. The zero-order valence-electron chi connectivity index (χ0n) is 24.6. The van der Waals surface area contributed by atoms with Crippen LogP contribution in [0.25, 0.3) is 10.9 Å². The Morgan fingerprint density at radius 1 is 1.05 bits per heavy atom. The molecule has 1 saturated carbocycles. The number of carboxylic acid groups (broad SMARTS) is 1. The third kappa shape index (κ3) is 7.76. The van der Waals surface area contributed by atoms with E-state index < -0.39 is 11.9 Å². The van der Waals surface area contributed by atoms with Crippen LogP contribution in [0.3, 0.4) is 0 Å². The second-order valence-corrected chi connectivity index (χ2v) is 12.0. The second-order valence-electron chi connectivity index (χ2n) is 11.1. The number of likely N-dealkylation sites (tertiary alicyclic amines) is 1. The summed E-state index contributed by atoms with van der Waals surface area (Å²) in [5.41, 5.74) is 2.36. The van der Waals surface area contributed by atoms with E-state index >= 15 is 0 Å². The van der Waals surface area contributed by atoms with Crippen molar-refractivity contribution in [2.45, 2.75) is 56.8 Å². The minimum absolute atomic E-state index is 0. The number of carbonyl (C=O) groups excluding carboxylic acids is 3. The minimum Gasteiger partial charge on any atom is -0.550 e. The van der Waals surface area contributed by atoms with E-state index in [0.717, 1.165) is 10.9 Å². The molecule has 1 aromatic heterocycles. The number of hydrogen-bond donors (Lipinski definition) is 1. The molecule has 2 amide bonds. The summed E-state index contributed by atoms with van der Waals surface area (Å²) in [5, 5.41) is 15.4. The van der Waals surface area contributed by atoms with Gasteiger partial charge in [-0.2, -0.15) is 0 Å².